The van der Waals surface area contributed by atoms with E-state index in [2.05, 4.69) is 34.9 Å². The average Bonchev–Trinajstić information content (AvgIpc) is 2.87. The van der Waals surface area contributed by atoms with Crippen LogP contribution in [0.5, 0.6) is 0 Å². The van der Waals surface area contributed by atoms with Crippen molar-refractivity contribution in [1.29, 1.82) is 0 Å². The Morgan fingerprint density at radius 3 is 3.00 bits per heavy atom. The lowest BCUT2D eigenvalue weighted by Gasteiger charge is -2.09. The minimum Gasteiger partial charge on any atom is -0.353 e. The van der Waals surface area contributed by atoms with Crippen molar-refractivity contribution < 1.29 is 0 Å². The van der Waals surface area contributed by atoms with Gasteiger partial charge in [-0.25, -0.2) is 4.98 Å². The highest BCUT2D eigenvalue weighted by atomic mass is 15.2. The second-order valence-corrected chi connectivity index (χ2v) is 4.90. The lowest BCUT2D eigenvalue weighted by atomic mass is 10.1. The summed E-state index contributed by atoms with van der Waals surface area (Å²) in [5.74, 6) is 1.86. The summed E-state index contributed by atoms with van der Waals surface area (Å²) in [5, 5.41) is 3.45. The molecule has 0 unspecified atom stereocenters. The normalized spacial score (nSPS) is 15.9. The van der Waals surface area contributed by atoms with Gasteiger partial charge in [0.1, 0.15) is 0 Å². The molecule has 0 radical (unpaired) electrons. The van der Waals surface area contributed by atoms with E-state index in [4.69, 9.17) is 0 Å². The van der Waals surface area contributed by atoms with Gasteiger partial charge in [0, 0.05) is 25.0 Å². The molecule has 1 aromatic heterocycles. The highest BCUT2D eigenvalue weighted by Gasteiger charge is 2.22. The molecule has 1 aliphatic carbocycles. The molecule has 1 fully saturated rings. The molecule has 0 amide bonds. The number of rotatable bonds is 6. The Balaban J connectivity index is 1.81. The molecule has 1 aromatic rings. The van der Waals surface area contributed by atoms with E-state index in [1.807, 2.05) is 6.20 Å². The summed E-state index contributed by atoms with van der Waals surface area (Å²) in [6.45, 7) is 5.64. The fraction of sp³-hybridized carbons (Fsp3) is 0.750. The molecule has 0 spiro atoms. The molecule has 1 aliphatic rings. The fourth-order valence-electron chi connectivity index (χ4n) is 1.71. The number of nitrogens with zero attached hydrogens (tertiary/aromatic N) is 2. The maximum absolute atomic E-state index is 4.35. The molecule has 1 N–H and O–H groups in total. The van der Waals surface area contributed by atoms with Gasteiger partial charge >= 0.3 is 0 Å². The van der Waals surface area contributed by atoms with Crippen molar-refractivity contribution in [3.05, 3.63) is 12.4 Å². The Bertz CT molecular complexity index is 300. The van der Waals surface area contributed by atoms with Crippen LogP contribution < -0.4 is 5.32 Å². The largest absolute Gasteiger partial charge is 0.353 e. The van der Waals surface area contributed by atoms with Gasteiger partial charge in [-0.2, -0.15) is 0 Å². The van der Waals surface area contributed by atoms with Crippen molar-refractivity contribution in [2.24, 2.45) is 5.92 Å². The predicted octanol–water partition coefficient (Wildman–Crippen LogP) is 2.89. The highest BCUT2D eigenvalue weighted by Crippen LogP contribution is 2.23. The molecule has 15 heavy (non-hydrogen) atoms. The second kappa shape index (κ2) is 4.69. The van der Waals surface area contributed by atoms with Gasteiger partial charge in [-0.3, -0.25) is 0 Å². The van der Waals surface area contributed by atoms with E-state index in [9.17, 15) is 0 Å². The van der Waals surface area contributed by atoms with E-state index in [-0.39, 0.29) is 0 Å². The van der Waals surface area contributed by atoms with Gasteiger partial charge < -0.3 is 9.88 Å². The van der Waals surface area contributed by atoms with Gasteiger partial charge in [0.15, 0.2) is 0 Å². The maximum atomic E-state index is 4.35. The zero-order valence-corrected chi connectivity index (χ0v) is 9.74. The number of imidazole rings is 1. The third-order valence-electron chi connectivity index (χ3n) is 2.81. The fourth-order valence-corrected chi connectivity index (χ4v) is 1.71. The number of nitrogens with one attached hydrogen (secondary N) is 1. The van der Waals surface area contributed by atoms with Gasteiger partial charge in [0.05, 0.1) is 0 Å². The molecular formula is C12H21N3. The van der Waals surface area contributed by atoms with Crippen molar-refractivity contribution in [2.45, 2.75) is 52.1 Å². The van der Waals surface area contributed by atoms with E-state index in [0.29, 0.717) is 6.04 Å². The van der Waals surface area contributed by atoms with Gasteiger partial charge in [-0.05, 0) is 31.6 Å². The number of hydrogen-bond donors (Lipinski definition) is 1. The van der Waals surface area contributed by atoms with Crippen LogP contribution in [0.25, 0.3) is 0 Å². The van der Waals surface area contributed by atoms with Gasteiger partial charge in [0.2, 0.25) is 5.95 Å². The van der Waals surface area contributed by atoms with E-state index in [1.54, 1.807) is 0 Å². The Kier molecular flexibility index (Phi) is 3.29. The van der Waals surface area contributed by atoms with Crippen molar-refractivity contribution in [1.82, 2.24) is 9.55 Å². The van der Waals surface area contributed by atoms with Crippen LogP contribution in [0.3, 0.4) is 0 Å². The lowest BCUT2D eigenvalue weighted by Crippen LogP contribution is -2.09. The van der Waals surface area contributed by atoms with Crippen LogP contribution in [-0.2, 0) is 6.54 Å². The highest BCUT2D eigenvalue weighted by molar-refractivity contribution is 5.29. The number of anilines is 1. The quantitative estimate of drug-likeness (QED) is 0.777. The number of aromatic nitrogens is 2. The van der Waals surface area contributed by atoms with Crippen molar-refractivity contribution in [2.75, 3.05) is 5.32 Å². The van der Waals surface area contributed by atoms with Gasteiger partial charge in [0.25, 0.3) is 0 Å². The van der Waals surface area contributed by atoms with Crippen molar-refractivity contribution >= 4 is 5.95 Å². The van der Waals surface area contributed by atoms with Crippen molar-refractivity contribution in [3.63, 3.8) is 0 Å². The Morgan fingerprint density at radius 1 is 1.53 bits per heavy atom. The molecule has 1 heterocycles. The number of aryl methyl sites for hydroxylation is 1. The summed E-state index contributed by atoms with van der Waals surface area (Å²) < 4.78 is 2.24. The SMILES string of the molecule is CC(C)CCCn1ccnc1NC1CC1. The predicted molar refractivity (Wildman–Crippen MR) is 62.9 cm³/mol. The minimum atomic E-state index is 0.691. The topological polar surface area (TPSA) is 29.9 Å². The van der Waals surface area contributed by atoms with E-state index >= 15 is 0 Å². The first kappa shape index (κ1) is 10.5. The molecule has 84 valence electrons. The summed E-state index contributed by atoms with van der Waals surface area (Å²) >= 11 is 0. The van der Waals surface area contributed by atoms with Crippen LogP contribution in [0.1, 0.15) is 39.5 Å². The lowest BCUT2D eigenvalue weighted by molar-refractivity contribution is 0.513. The zero-order chi connectivity index (χ0) is 10.7. The molecule has 0 bridgehead atoms. The van der Waals surface area contributed by atoms with Crippen LogP contribution in [-0.4, -0.2) is 15.6 Å². The van der Waals surface area contributed by atoms with Crippen molar-refractivity contribution in [3.8, 4) is 0 Å². The summed E-state index contributed by atoms with van der Waals surface area (Å²) in [7, 11) is 0. The van der Waals surface area contributed by atoms with Crippen LogP contribution in [0.4, 0.5) is 5.95 Å². The monoisotopic (exact) mass is 207 g/mol. The summed E-state index contributed by atoms with van der Waals surface area (Å²) in [5.41, 5.74) is 0. The van der Waals surface area contributed by atoms with Crippen LogP contribution in [0, 0.1) is 5.92 Å². The van der Waals surface area contributed by atoms with Gasteiger partial charge in [-0.15, -0.1) is 0 Å². The molecular weight excluding hydrogens is 186 g/mol. The van der Waals surface area contributed by atoms with E-state index < -0.39 is 0 Å². The summed E-state index contributed by atoms with van der Waals surface area (Å²) in [6.07, 6.45) is 9.11. The first-order valence-electron chi connectivity index (χ1n) is 6.03. The van der Waals surface area contributed by atoms with Crippen LogP contribution in [0.2, 0.25) is 0 Å². The summed E-state index contributed by atoms with van der Waals surface area (Å²) in [6, 6.07) is 0.691. The molecule has 2 rings (SSSR count). The molecule has 3 heteroatoms. The number of hydrogen-bond acceptors (Lipinski definition) is 2. The molecule has 0 atom stereocenters. The smallest absolute Gasteiger partial charge is 0.202 e. The first-order chi connectivity index (χ1) is 7.25. The second-order valence-electron chi connectivity index (χ2n) is 4.90. The summed E-state index contributed by atoms with van der Waals surface area (Å²) in [4.78, 5) is 4.35. The van der Waals surface area contributed by atoms with Gasteiger partial charge in [-0.1, -0.05) is 13.8 Å². The van der Waals surface area contributed by atoms with Crippen LogP contribution in [0.15, 0.2) is 12.4 Å². The molecule has 3 nitrogen and oxygen atoms in total. The third kappa shape index (κ3) is 3.26. The third-order valence-corrected chi connectivity index (χ3v) is 2.81. The Labute approximate surface area is 91.9 Å². The molecule has 1 saturated carbocycles. The van der Waals surface area contributed by atoms with E-state index in [1.165, 1.54) is 25.7 Å². The molecule has 0 aromatic carbocycles. The van der Waals surface area contributed by atoms with Crippen LogP contribution >= 0.6 is 0 Å². The first-order valence-corrected chi connectivity index (χ1v) is 6.03. The zero-order valence-electron chi connectivity index (χ0n) is 9.74. The standard InChI is InChI=1S/C12H21N3/c1-10(2)4-3-8-15-9-7-13-12(15)14-11-5-6-11/h7,9-11H,3-6,8H2,1-2H3,(H,13,14). The Hall–Kier alpha value is -0.990. The maximum Gasteiger partial charge on any atom is 0.202 e. The average molecular weight is 207 g/mol. The molecule has 0 saturated heterocycles. The Morgan fingerprint density at radius 2 is 2.33 bits per heavy atom. The molecule has 0 aliphatic heterocycles. The van der Waals surface area contributed by atoms with E-state index in [0.717, 1.165) is 18.4 Å². The minimum absolute atomic E-state index is 0.691.